The number of hydrogen-bond donors (Lipinski definition) is 1. The van der Waals surface area contributed by atoms with Crippen LogP contribution in [0.2, 0.25) is 5.02 Å². The summed E-state index contributed by atoms with van der Waals surface area (Å²) in [5.41, 5.74) is 12.2. The molecule has 0 amide bonds. The maximum Gasteiger partial charge on any atom is 0.0692 e. The number of halogens is 1. The minimum absolute atomic E-state index is 0.456. The molecule has 0 bridgehead atoms. The van der Waals surface area contributed by atoms with Gasteiger partial charge in [-0.1, -0.05) is 24.6 Å². The summed E-state index contributed by atoms with van der Waals surface area (Å²) in [7, 11) is 0. The molecule has 3 nitrogen and oxygen atoms in total. The number of benzene rings is 1. The van der Waals surface area contributed by atoms with Gasteiger partial charge in [-0.2, -0.15) is 5.10 Å². The molecule has 1 unspecified atom stereocenters. The van der Waals surface area contributed by atoms with Gasteiger partial charge in [-0.25, -0.2) is 4.68 Å². The summed E-state index contributed by atoms with van der Waals surface area (Å²) in [6.45, 7) is 4.98. The number of nitrogens with two attached hydrogens (primary N) is 1. The molecule has 112 valence electrons. The fraction of sp³-hybridized carbons (Fsp3) is 0.471. The third kappa shape index (κ3) is 2.49. The van der Waals surface area contributed by atoms with E-state index >= 15 is 0 Å². The Bertz CT molecular complexity index is 660. The van der Waals surface area contributed by atoms with Crippen LogP contribution in [0.1, 0.15) is 48.2 Å². The standard InChI is InChI=1S/C17H22ClN3/c1-3-14-17-12(10-19)5-4-6-15(17)21(20-14)16-9-13(18)8-7-11(16)2/h7-9,12H,3-6,10,19H2,1-2H3. The van der Waals surface area contributed by atoms with E-state index in [9.17, 15) is 0 Å². The Balaban J connectivity index is 2.20. The van der Waals surface area contributed by atoms with Gasteiger partial charge in [0.2, 0.25) is 0 Å². The summed E-state index contributed by atoms with van der Waals surface area (Å²) in [5, 5.41) is 5.64. The van der Waals surface area contributed by atoms with Gasteiger partial charge in [0, 0.05) is 16.3 Å². The highest BCUT2D eigenvalue weighted by Crippen LogP contribution is 2.35. The van der Waals surface area contributed by atoms with Crippen LogP contribution in [-0.2, 0) is 12.8 Å². The van der Waals surface area contributed by atoms with Crippen molar-refractivity contribution in [3.8, 4) is 5.69 Å². The summed E-state index contributed by atoms with van der Waals surface area (Å²) in [6, 6.07) is 6.00. The van der Waals surface area contributed by atoms with E-state index in [1.807, 2.05) is 12.1 Å². The van der Waals surface area contributed by atoms with Crippen molar-refractivity contribution < 1.29 is 0 Å². The van der Waals surface area contributed by atoms with E-state index < -0.39 is 0 Å². The molecule has 0 aliphatic heterocycles. The molecular weight excluding hydrogens is 282 g/mol. The lowest BCUT2D eigenvalue weighted by Crippen LogP contribution is -2.19. The van der Waals surface area contributed by atoms with E-state index in [-0.39, 0.29) is 0 Å². The van der Waals surface area contributed by atoms with Crippen LogP contribution in [0.25, 0.3) is 5.69 Å². The summed E-state index contributed by atoms with van der Waals surface area (Å²) >= 11 is 6.19. The van der Waals surface area contributed by atoms with Gasteiger partial charge in [0.25, 0.3) is 0 Å². The maximum absolute atomic E-state index is 6.19. The van der Waals surface area contributed by atoms with E-state index in [1.165, 1.54) is 35.4 Å². The predicted octanol–water partition coefficient (Wildman–Crippen LogP) is 3.78. The van der Waals surface area contributed by atoms with Crippen LogP contribution >= 0.6 is 11.6 Å². The monoisotopic (exact) mass is 303 g/mol. The summed E-state index contributed by atoms with van der Waals surface area (Å²) in [5.74, 6) is 0.456. The molecular formula is C17H22ClN3. The molecule has 1 heterocycles. The van der Waals surface area contributed by atoms with Gasteiger partial charge < -0.3 is 5.73 Å². The van der Waals surface area contributed by atoms with Crippen molar-refractivity contribution in [2.75, 3.05) is 6.54 Å². The zero-order valence-electron chi connectivity index (χ0n) is 12.7. The predicted molar refractivity (Wildman–Crippen MR) is 87.4 cm³/mol. The Morgan fingerprint density at radius 1 is 1.43 bits per heavy atom. The Labute approximate surface area is 131 Å². The van der Waals surface area contributed by atoms with Crippen molar-refractivity contribution in [3.05, 3.63) is 45.7 Å². The number of hydrogen-bond acceptors (Lipinski definition) is 2. The lowest BCUT2D eigenvalue weighted by Gasteiger charge is -2.23. The van der Waals surface area contributed by atoms with E-state index in [2.05, 4.69) is 24.6 Å². The van der Waals surface area contributed by atoms with E-state index in [4.69, 9.17) is 22.4 Å². The molecule has 1 aromatic carbocycles. The smallest absolute Gasteiger partial charge is 0.0692 e. The summed E-state index contributed by atoms with van der Waals surface area (Å²) in [6.07, 6.45) is 4.39. The van der Waals surface area contributed by atoms with Gasteiger partial charge in [-0.3, -0.25) is 0 Å². The first-order valence-corrected chi connectivity index (χ1v) is 8.10. The van der Waals surface area contributed by atoms with Crippen LogP contribution in [0.15, 0.2) is 18.2 Å². The molecule has 2 N–H and O–H groups in total. The number of fused-ring (bicyclic) bond motifs is 1. The average molecular weight is 304 g/mol. The number of nitrogens with zero attached hydrogens (tertiary/aromatic N) is 2. The maximum atomic E-state index is 6.19. The molecule has 0 spiro atoms. The van der Waals surface area contributed by atoms with Gasteiger partial charge in [0.15, 0.2) is 0 Å². The van der Waals surface area contributed by atoms with Crippen molar-refractivity contribution in [2.24, 2.45) is 5.73 Å². The van der Waals surface area contributed by atoms with Crippen LogP contribution in [-0.4, -0.2) is 16.3 Å². The van der Waals surface area contributed by atoms with Crippen molar-refractivity contribution in [1.82, 2.24) is 9.78 Å². The van der Waals surface area contributed by atoms with Crippen molar-refractivity contribution in [1.29, 1.82) is 0 Å². The molecule has 0 fully saturated rings. The van der Waals surface area contributed by atoms with Crippen molar-refractivity contribution >= 4 is 11.6 Å². The third-order valence-corrected chi connectivity index (χ3v) is 4.73. The van der Waals surface area contributed by atoms with Gasteiger partial charge in [0.1, 0.15) is 0 Å². The molecule has 3 rings (SSSR count). The fourth-order valence-corrected chi connectivity index (χ4v) is 3.56. The van der Waals surface area contributed by atoms with Crippen molar-refractivity contribution in [2.45, 2.75) is 45.4 Å². The molecule has 21 heavy (non-hydrogen) atoms. The highest BCUT2D eigenvalue weighted by Gasteiger charge is 2.27. The van der Waals surface area contributed by atoms with Crippen LogP contribution in [0.3, 0.4) is 0 Å². The van der Waals surface area contributed by atoms with Gasteiger partial charge in [0.05, 0.1) is 11.4 Å². The molecule has 0 saturated carbocycles. The number of aromatic nitrogens is 2. The molecule has 1 aliphatic rings. The van der Waals surface area contributed by atoms with Crippen LogP contribution in [0.5, 0.6) is 0 Å². The quantitative estimate of drug-likeness (QED) is 0.938. The van der Waals surface area contributed by atoms with Gasteiger partial charge >= 0.3 is 0 Å². The first-order chi connectivity index (χ1) is 10.2. The molecule has 2 aromatic rings. The Kier molecular flexibility index (Phi) is 4.05. The Morgan fingerprint density at radius 3 is 2.95 bits per heavy atom. The average Bonchev–Trinajstić information content (AvgIpc) is 2.88. The van der Waals surface area contributed by atoms with E-state index in [1.54, 1.807) is 0 Å². The third-order valence-electron chi connectivity index (χ3n) is 4.49. The molecule has 4 heteroatoms. The second kappa shape index (κ2) is 5.82. The number of aryl methyl sites for hydroxylation is 2. The molecule has 0 saturated heterocycles. The highest BCUT2D eigenvalue weighted by molar-refractivity contribution is 6.30. The van der Waals surface area contributed by atoms with E-state index in [0.29, 0.717) is 12.5 Å². The summed E-state index contributed by atoms with van der Waals surface area (Å²) in [4.78, 5) is 0. The number of rotatable bonds is 3. The normalized spacial score (nSPS) is 17.8. The highest BCUT2D eigenvalue weighted by atomic mass is 35.5. The Hall–Kier alpha value is -1.32. The minimum atomic E-state index is 0.456. The topological polar surface area (TPSA) is 43.8 Å². The minimum Gasteiger partial charge on any atom is -0.330 e. The van der Waals surface area contributed by atoms with Crippen LogP contribution < -0.4 is 5.73 Å². The van der Waals surface area contributed by atoms with Crippen LogP contribution in [0, 0.1) is 6.92 Å². The van der Waals surface area contributed by atoms with E-state index in [0.717, 1.165) is 23.6 Å². The SMILES string of the molecule is CCc1nn(-c2cc(Cl)ccc2C)c2c1C(CN)CCC2. The summed E-state index contributed by atoms with van der Waals surface area (Å²) < 4.78 is 2.11. The zero-order valence-corrected chi connectivity index (χ0v) is 13.5. The van der Waals surface area contributed by atoms with Gasteiger partial charge in [-0.15, -0.1) is 0 Å². The first-order valence-electron chi connectivity index (χ1n) is 7.73. The first kappa shape index (κ1) is 14.6. The molecule has 1 aromatic heterocycles. The van der Waals surface area contributed by atoms with Crippen molar-refractivity contribution in [3.63, 3.8) is 0 Å². The second-order valence-electron chi connectivity index (χ2n) is 5.83. The molecule has 1 atom stereocenters. The zero-order chi connectivity index (χ0) is 15.0. The fourth-order valence-electron chi connectivity index (χ4n) is 3.39. The largest absolute Gasteiger partial charge is 0.330 e. The lowest BCUT2D eigenvalue weighted by molar-refractivity contribution is 0.547. The van der Waals surface area contributed by atoms with Gasteiger partial charge in [-0.05, 0) is 62.8 Å². The second-order valence-corrected chi connectivity index (χ2v) is 6.26. The molecule has 0 radical (unpaired) electrons. The lowest BCUT2D eigenvalue weighted by atomic mass is 9.84. The Morgan fingerprint density at radius 2 is 2.24 bits per heavy atom. The van der Waals surface area contributed by atoms with Crippen LogP contribution in [0.4, 0.5) is 0 Å². The molecule has 1 aliphatic carbocycles.